The Morgan fingerprint density at radius 2 is 2.05 bits per heavy atom. The first-order valence-corrected chi connectivity index (χ1v) is 7.74. The first kappa shape index (κ1) is 14.1. The van der Waals surface area contributed by atoms with Gasteiger partial charge in [-0.2, -0.15) is 0 Å². The van der Waals surface area contributed by atoms with Crippen LogP contribution in [0.15, 0.2) is 42.6 Å². The summed E-state index contributed by atoms with van der Waals surface area (Å²) in [6.45, 7) is 4.31. The Labute approximate surface area is 126 Å². The molecule has 0 saturated carbocycles. The van der Waals surface area contributed by atoms with E-state index in [9.17, 15) is 0 Å². The van der Waals surface area contributed by atoms with Gasteiger partial charge in [-0.25, -0.2) is 4.98 Å². The van der Waals surface area contributed by atoms with Gasteiger partial charge in [0.1, 0.15) is 5.82 Å². The maximum Gasteiger partial charge on any atom is 0.123 e. The summed E-state index contributed by atoms with van der Waals surface area (Å²) >= 11 is 0. The van der Waals surface area contributed by atoms with Gasteiger partial charge in [-0.05, 0) is 49.1 Å². The van der Waals surface area contributed by atoms with Crippen LogP contribution in [0.2, 0.25) is 0 Å². The highest BCUT2D eigenvalue weighted by Gasteiger charge is 2.25. The van der Waals surface area contributed by atoms with Crippen molar-refractivity contribution in [1.82, 2.24) is 9.88 Å². The van der Waals surface area contributed by atoms with E-state index in [1.165, 1.54) is 36.0 Å². The molecule has 0 aliphatic carbocycles. The van der Waals surface area contributed by atoms with E-state index in [1.54, 1.807) is 0 Å². The van der Waals surface area contributed by atoms with Gasteiger partial charge in [0, 0.05) is 18.8 Å². The van der Waals surface area contributed by atoms with Gasteiger partial charge < -0.3 is 5.73 Å². The SMILES string of the molecule is Cc1cc(N)ncc1[C@@H]1CCCCN1Cc1ccccc1. The summed E-state index contributed by atoms with van der Waals surface area (Å²) in [5.41, 5.74) is 9.76. The number of nitrogen functional groups attached to an aromatic ring is 1. The zero-order valence-electron chi connectivity index (χ0n) is 12.6. The summed E-state index contributed by atoms with van der Waals surface area (Å²) in [4.78, 5) is 6.89. The van der Waals surface area contributed by atoms with Gasteiger partial charge in [0.2, 0.25) is 0 Å². The largest absolute Gasteiger partial charge is 0.384 e. The number of pyridine rings is 1. The Morgan fingerprint density at radius 3 is 2.81 bits per heavy atom. The molecule has 2 N–H and O–H groups in total. The number of hydrogen-bond acceptors (Lipinski definition) is 3. The number of hydrogen-bond donors (Lipinski definition) is 1. The Balaban J connectivity index is 1.84. The third-order valence-electron chi connectivity index (χ3n) is 4.37. The zero-order chi connectivity index (χ0) is 14.7. The number of anilines is 1. The van der Waals surface area contributed by atoms with E-state index >= 15 is 0 Å². The molecule has 1 aliphatic rings. The molecule has 0 bridgehead atoms. The van der Waals surface area contributed by atoms with E-state index in [0.29, 0.717) is 11.9 Å². The molecular formula is C18H23N3. The molecule has 3 rings (SSSR count). The number of nitrogens with zero attached hydrogens (tertiary/aromatic N) is 2. The lowest BCUT2D eigenvalue weighted by Gasteiger charge is -2.36. The van der Waals surface area contributed by atoms with Gasteiger partial charge in [-0.15, -0.1) is 0 Å². The van der Waals surface area contributed by atoms with Crippen LogP contribution >= 0.6 is 0 Å². The van der Waals surface area contributed by atoms with Crippen molar-refractivity contribution < 1.29 is 0 Å². The summed E-state index contributed by atoms with van der Waals surface area (Å²) in [6, 6.07) is 13.2. The lowest BCUT2D eigenvalue weighted by molar-refractivity contribution is 0.139. The Hall–Kier alpha value is -1.87. The molecule has 1 aromatic carbocycles. The summed E-state index contributed by atoms with van der Waals surface area (Å²) in [5.74, 6) is 0.613. The van der Waals surface area contributed by atoms with E-state index in [-0.39, 0.29) is 0 Å². The first-order valence-electron chi connectivity index (χ1n) is 7.74. The van der Waals surface area contributed by atoms with Crippen LogP contribution in [-0.4, -0.2) is 16.4 Å². The van der Waals surface area contributed by atoms with Crippen LogP contribution in [0.25, 0.3) is 0 Å². The molecule has 0 spiro atoms. The van der Waals surface area contributed by atoms with Crippen LogP contribution in [0, 0.1) is 6.92 Å². The van der Waals surface area contributed by atoms with E-state index in [1.807, 2.05) is 12.3 Å². The average molecular weight is 281 g/mol. The van der Waals surface area contributed by atoms with Crippen molar-refractivity contribution in [2.75, 3.05) is 12.3 Å². The lowest BCUT2D eigenvalue weighted by Crippen LogP contribution is -2.33. The van der Waals surface area contributed by atoms with E-state index in [2.05, 4.69) is 47.1 Å². The quantitative estimate of drug-likeness (QED) is 0.932. The Kier molecular flexibility index (Phi) is 4.20. The lowest BCUT2D eigenvalue weighted by atomic mass is 9.93. The highest BCUT2D eigenvalue weighted by molar-refractivity contribution is 5.38. The predicted octanol–water partition coefficient (Wildman–Crippen LogP) is 3.70. The van der Waals surface area contributed by atoms with E-state index in [0.717, 1.165) is 13.1 Å². The molecule has 3 heteroatoms. The third kappa shape index (κ3) is 3.24. The minimum Gasteiger partial charge on any atom is -0.384 e. The average Bonchev–Trinajstić information content (AvgIpc) is 2.49. The summed E-state index contributed by atoms with van der Waals surface area (Å²) in [5, 5.41) is 0. The molecule has 2 heterocycles. The second-order valence-corrected chi connectivity index (χ2v) is 5.93. The van der Waals surface area contributed by atoms with Gasteiger partial charge in [-0.1, -0.05) is 36.8 Å². The molecule has 0 amide bonds. The molecule has 3 nitrogen and oxygen atoms in total. The van der Waals surface area contributed by atoms with Gasteiger partial charge >= 0.3 is 0 Å². The van der Waals surface area contributed by atoms with Crippen LogP contribution in [0.1, 0.15) is 42.0 Å². The number of aryl methyl sites for hydroxylation is 1. The smallest absolute Gasteiger partial charge is 0.123 e. The second-order valence-electron chi connectivity index (χ2n) is 5.93. The minimum absolute atomic E-state index is 0.465. The van der Waals surface area contributed by atoms with Crippen LogP contribution in [0.5, 0.6) is 0 Å². The fourth-order valence-electron chi connectivity index (χ4n) is 3.29. The van der Waals surface area contributed by atoms with Crippen molar-refractivity contribution >= 4 is 5.82 Å². The minimum atomic E-state index is 0.465. The van der Waals surface area contributed by atoms with Gasteiger partial charge in [0.15, 0.2) is 0 Å². The van der Waals surface area contributed by atoms with Crippen molar-refractivity contribution in [3.63, 3.8) is 0 Å². The van der Waals surface area contributed by atoms with Gasteiger partial charge in [0.05, 0.1) is 0 Å². The Bertz CT molecular complexity index is 595. The number of nitrogens with two attached hydrogens (primary N) is 1. The number of aromatic nitrogens is 1. The van der Waals surface area contributed by atoms with Crippen molar-refractivity contribution in [3.8, 4) is 0 Å². The second kappa shape index (κ2) is 6.27. The number of rotatable bonds is 3. The first-order chi connectivity index (χ1) is 10.2. The van der Waals surface area contributed by atoms with Crippen molar-refractivity contribution in [2.45, 2.75) is 38.8 Å². The molecule has 2 aromatic rings. The number of piperidine rings is 1. The molecule has 1 aliphatic heterocycles. The van der Waals surface area contributed by atoms with E-state index in [4.69, 9.17) is 5.73 Å². The predicted molar refractivity (Wildman–Crippen MR) is 86.8 cm³/mol. The van der Waals surface area contributed by atoms with Gasteiger partial charge in [-0.3, -0.25) is 4.90 Å². The summed E-state index contributed by atoms with van der Waals surface area (Å²) in [7, 11) is 0. The van der Waals surface area contributed by atoms with E-state index < -0.39 is 0 Å². The van der Waals surface area contributed by atoms with Gasteiger partial charge in [0.25, 0.3) is 0 Å². The molecule has 21 heavy (non-hydrogen) atoms. The van der Waals surface area contributed by atoms with Crippen LogP contribution in [0.4, 0.5) is 5.82 Å². The molecule has 1 fully saturated rings. The Morgan fingerprint density at radius 1 is 1.24 bits per heavy atom. The maximum atomic E-state index is 5.79. The molecule has 0 unspecified atom stereocenters. The summed E-state index contributed by atoms with van der Waals surface area (Å²) < 4.78 is 0. The van der Waals surface area contributed by atoms with Crippen LogP contribution in [-0.2, 0) is 6.54 Å². The fraction of sp³-hybridized carbons (Fsp3) is 0.389. The normalized spacial score (nSPS) is 19.6. The standard InChI is InChI=1S/C18H23N3/c1-14-11-18(19)20-12-16(14)17-9-5-6-10-21(17)13-15-7-3-2-4-8-15/h2-4,7-8,11-12,17H,5-6,9-10,13H2,1H3,(H2,19,20)/t17-/m0/s1. The molecule has 110 valence electrons. The molecule has 1 atom stereocenters. The topological polar surface area (TPSA) is 42.1 Å². The molecule has 1 saturated heterocycles. The molecule has 0 radical (unpaired) electrons. The van der Waals surface area contributed by atoms with Crippen LogP contribution in [0.3, 0.4) is 0 Å². The van der Waals surface area contributed by atoms with Crippen molar-refractivity contribution in [1.29, 1.82) is 0 Å². The zero-order valence-corrected chi connectivity index (χ0v) is 12.6. The maximum absolute atomic E-state index is 5.79. The number of likely N-dealkylation sites (tertiary alicyclic amines) is 1. The molecular weight excluding hydrogens is 258 g/mol. The van der Waals surface area contributed by atoms with Crippen LogP contribution < -0.4 is 5.73 Å². The fourth-order valence-corrected chi connectivity index (χ4v) is 3.29. The highest BCUT2D eigenvalue weighted by Crippen LogP contribution is 2.33. The van der Waals surface area contributed by atoms with Crippen molar-refractivity contribution in [2.24, 2.45) is 0 Å². The highest BCUT2D eigenvalue weighted by atomic mass is 15.2. The summed E-state index contributed by atoms with van der Waals surface area (Å²) in [6.07, 6.45) is 5.75. The molecule has 1 aromatic heterocycles. The monoisotopic (exact) mass is 281 g/mol. The number of benzene rings is 1. The van der Waals surface area contributed by atoms with Crippen molar-refractivity contribution in [3.05, 3.63) is 59.3 Å². The third-order valence-corrected chi connectivity index (χ3v) is 4.37.